The number of halogens is 1. The number of carbonyl (C=O) groups is 1. The van der Waals surface area contributed by atoms with E-state index in [9.17, 15) is 9.18 Å². The fraction of sp³-hybridized carbons (Fsp3) is 0.294. The molecule has 1 N–H and O–H groups in total. The van der Waals surface area contributed by atoms with Crippen molar-refractivity contribution >= 4 is 34.5 Å². The van der Waals surface area contributed by atoms with E-state index in [1.807, 2.05) is 0 Å². The Morgan fingerprint density at radius 3 is 2.74 bits per heavy atom. The molecule has 27 heavy (non-hydrogen) atoms. The Hall–Kier alpha value is -3.01. The third-order valence-corrected chi connectivity index (χ3v) is 5.43. The van der Waals surface area contributed by atoms with E-state index in [1.165, 1.54) is 27.8 Å². The van der Waals surface area contributed by atoms with Gasteiger partial charge in [-0.05, 0) is 37.1 Å². The first-order valence-electron chi connectivity index (χ1n) is 8.41. The van der Waals surface area contributed by atoms with E-state index in [-0.39, 0.29) is 11.2 Å². The molecule has 0 bridgehead atoms. The van der Waals surface area contributed by atoms with Gasteiger partial charge in [-0.1, -0.05) is 17.8 Å². The summed E-state index contributed by atoms with van der Waals surface area (Å²) >= 11 is 1.22. The van der Waals surface area contributed by atoms with E-state index in [1.54, 1.807) is 24.4 Å². The van der Waals surface area contributed by atoms with Crippen LogP contribution in [0, 0.1) is 5.82 Å². The van der Waals surface area contributed by atoms with E-state index < -0.39 is 0 Å². The summed E-state index contributed by atoms with van der Waals surface area (Å²) in [7, 11) is 0. The highest BCUT2D eigenvalue weighted by Gasteiger charge is 2.41. The van der Waals surface area contributed by atoms with Crippen molar-refractivity contribution in [3.8, 4) is 0 Å². The Bertz CT molecular complexity index is 915. The van der Waals surface area contributed by atoms with Crippen molar-refractivity contribution in [2.75, 3.05) is 16.8 Å². The van der Waals surface area contributed by atoms with Crippen LogP contribution in [-0.2, 0) is 10.2 Å². The minimum atomic E-state index is -0.326. The molecule has 1 fully saturated rings. The van der Waals surface area contributed by atoms with Gasteiger partial charge in [0, 0.05) is 18.2 Å². The van der Waals surface area contributed by atoms with Crippen molar-refractivity contribution in [1.82, 2.24) is 25.4 Å². The van der Waals surface area contributed by atoms with Crippen molar-refractivity contribution < 1.29 is 9.18 Å². The summed E-state index contributed by atoms with van der Waals surface area (Å²) in [4.78, 5) is 16.8. The van der Waals surface area contributed by atoms with Gasteiger partial charge < -0.3 is 5.32 Å². The molecular formula is C17H16FN7OS. The standard InChI is InChI=1S/C17H16FN7OS/c18-12-3-1-8-19-15(12)17(6-2-7-17)9-20-13-4-5-14(23-22-13)25(11-26)16-24-21-10-27-16/h1,3-5,8,10-11H,2,6-7,9H2,(H,20,22). The predicted octanol–water partition coefficient (Wildman–Crippen LogP) is 2.69. The zero-order valence-corrected chi connectivity index (χ0v) is 15.1. The summed E-state index contributed by atoms with van der Waals surface area (Å²) < 4.78 is 14.2. The lowest BCUT2D eigenvalue weighted by atomic mass is 9.66. The lowest BCUT2D eigenvalue weighted by molar-refractivity contribution is -0.106. The maximum Gasteiger partial charge on any atom is 0.221 e. The van der Waals surface area contributed by atoms with E-state index in [0.29, 0.717) is 35.4 Å². The monoisotopic (exact) mass is 385 g/mol. The van der Waals surface area contributed by atoms with Crippen molar-refractivity contribution in [2.24, 2.45) is 0 Å². The maximum absolute atomic E-state index is 14.2. The van der Waals surface area contributed by atoms with Crippen LogP contribution in [0.1, 0.15) is 25.0 Å². The van der Waals surface area contributed by atoms with Crippen LogP contribution in [0.15, 0.2) is 36.0 Å². The number of nitrogens with zero attached hydrogens (tertiary/aromatic N) is 6. The third kappa shape index (κ3) is 3.35. The van der Waals surface area contributed by atoms with Gasteiger partial charge in [-0.15, -0.1) is 20.4 Å². The van der Waals surface area contributed by atoms with Crippen LogP contribution in [0.2, 0.25) is 0 Å². The summed E-state index contributed by atoms with van der Waals surface area (Å²) in [6, 6.07) is 6.43. The number of carbonyl (C=O) groups excluding carboxylic acids is 1. The first kappa shape index (κ1) is 17.4. The minimum absolute atomic E-state index is 0.279. The Morgan fingerprint density at radius 2 is 2.15 bits per heavy atom. The van der Waals surface area contributed by atoms with E-state index >= 15 is 0 Å². The molecule has 0 radical (unpaired) electrons. The fourth-order valence-electron chi connectivity index (χ4n) is 3.15. The van der Waals surface area contributed by atoms with Crippen LogP contribution in [-0.4, -0.2) is 38.3 Å². The van der Waals surface area contributed by atoms with E-state index in [0.717, 1.165) is 19.3 Å². The first-order chi connectivity index (χ1) is 13.2. The summed E-state index contributed by atoms with van der Waals surface area (Å²) in [6.07, 6.45) is 5.02. The lowest BCUT2D eigenvalue weighted by Gasteiger charge is -2.41. The quantitative estimate of drug-likeness (QED) is 0.625. The second kappa shape index (κ2) is 7.31. The van der Waals surface area contributed by atoms with Gasteiger partial charge in [0.25, 0.3) is 0 Å². The van der Waals surface area contributed by atoms with Gasteiger partial charge >= 0.3 is 0 Å². The summed E-state index contributed by atoms with van der Waals surface area (Å²) in [6.45, 7) is 0.517. The number of pyridine rings is 1. The molecule has 0 aliphatic heterocycles. The Labute approximate surface area is 158 Å². The van der Waals surface area contributed by atoms with Gasteiger partial charge in [0.05, 0.1) is 5.69 Å². The number of aromatic nitrogens is 5. The topological polar surface area (TPSA) is 96.8 Å². The smallest absolute Gasteiger partial charge is 0.221 e. The molecule has 4 rings (SSSR count). The zero-order chi connectivity index (χ0) is 18.7. The van der Waals surface area contributed by atoms with E-state index in [2.05, 4.69) is 30.7 Å². The van der Waals surface area contributed by atoms with Crippen LogP contribution in [0.25, 0.3) is 0 Å². The molecule has 0 spiro atoms. The van der Waals surface area contributed by atoms with Crippen molar-refractivity contribution in [1.29, 1.82) is 0 Å². The molecule has 1 aliphatic carbocycles. The van der Waals surface area contributed by atoms with Gasteiger partial charge in [0.2, 0.25) is 11.5 Å². The van der Waals surface area contributed by atoms with Gasteiger partial charge in [-0.25, -0.2) is 9.29 Å². The fourth-order valence-corrected chi connectivity index (χ4v) is 3.69. The molecule has 3 aromatic rings. The second-order valence-electron chi connectivity index (χ2n) is 6.29. The first-order valence-corrected chi connectivity index (χ1v) is 9.29. The molecule has 138 valence electrons. The summed E-state index contributed by atoms with van der Waals surface area (Å²) in [5.74, 6) is 0.616. The number of hydrogen-bond donors (Lipinski definition) is 1. The Morgan fingerprint density at radius 1 is 1.26 bits per heavy atom. The summed E-state index contributed by atoms with van der Waals surface area (Å²) in [5.41, 5.74) is 1.70. The third-order valence-electron chi connectivity index (χ3n) is 4.74. The average molecular weight is 385 g/mol. The molecule has 3 aromatic heterocycles. The highest BCUT2D eigenvalue weighted by Crippen LogP contribution is 2.43. The molecule has 3 heterocycles. The molecule has 0 saturated heterocycles. The van der Waals surface area contributed by atoms with Crippen LogP contribution in [0.5, 0.6) is 0 Å². The van der Waals surface area contributed by atoms with Crippen LogP contribution in [0.4, 0.5) is 21.2 Å². The van der Waals surface area contributed by atoms with Gasteiger partial charge in [0.1, 0.15) is 17.1 Å². The highest BCUT2D eigenvalue weighted by molar-refractivity contribution is 7.13. The predicted molar refractivity (Wildman–Crippen MR) is 98.4 cm³/mol. The molecule has 10 heteroatoms. The Kier molecular flexibility index (Phi) is 4.71. The van der Waals surface area contributed by atoms with Crippen LogP contribution >= 0.6 is 11.3 Å². The maximum atomic E-state index is 14.2. The average Bonchev–Trinajstić information content (AvgIpc) is 3.18. The number of rotatable bonds is 7. The van der Waals surface area contributed by atoms with Crippen LogP contribution in [0.3, 0.4) is 0 Å². The highest BCUT2D eigenvalue weighted by atomic mass is 32.1. The molecule has 0 unspecified atom stereocenters. The zero-order valence-electron chi connectivity index (χ0n) is 14.2. The van der Waals surface area contributed by atoms with Crippen molar-refractivity contribution in [2.45, 2.75) is 24.7 Å². The lowest BCUT2D eigenvalue weighted by Crippen LogP contribution is -2.42. The molecule has 0 atom stereocenters. The molecule has 1 aliphatic rings. The van der Waals surface area contributed by atoms with Crippen molar-refractivity contribution in [3.05, 3.63) is 47.5 Å². The molecule has 8 nitrogen and oxygen atoms in total. The van der Waals surface area contributed by atoms with Crippen molar-refractivity contribution in [3.63, 3.8) is 0 Å². The SMILES string of the molecule is O=CN(c1ccc(NCC2(c3ncccc3F)CCC2)nn1)c1nncs1. The molecule has 0 aromatic carbocycles. The molecule has 1 amide bonds. The normalized spacial score (nSPS) is 15.0. The minimum Gasteiger partial charge on any atom is -0.368 e. The molecular weight excluding hydrogens is 369 g/mol. The number of anilines is 3. The second-order valence-corrected chi connectivity index (χ2v) is 7.11. The number of hydrogen-bond acceptors (Lipinski definition) is 8. The van der Waals surface area contributed by atoms with Gasteiger partial charge in [-0.3, -0.25) is 9.78 Å². The van der Waals surface area contributed by atoms with Gasteiger partial charge in [-0.2, -0.15) is 0 Å². The number of amides is 1. The largest absolute Gasteiger partial charge is 0.368 e. The molecule has 1 saturated carbocycles. The van der Waals surface area contributed by atoms with Gasteiger partial charge in [0.15, 0.2) is 5.82 Å². The Balaban J connectivity index is 1.47. The van der Waals surface area contributed by atoms with Crippen LogP contribution < -0.4 is 10.2 Å². The van der Waals surface area contributed by atoms with E-state index in [4.69, 9.17) is 0 Å². The summed E-state index contributed by atoms with van der Waals surface area (Å²) in [5, 5.41) is 19.4. The number of nitrogens with one attached hydrogen (secondary N) is 1.